The van der Waals surface area contributed by atoms with E-state index in [9.17, 15) is 9.18 Å². The lowest BCUT2D eigenvalue weighted by Crippen LogP contribution is -2.55. The van der Waals surface area contributed by atoms with Gasteiger partial charge in [-0.2, -0.15) is 0 Å². The van der Waals surface area contributed by atoms with Gasteiger partial charge < -0.3 is 15.7 Å². The number of nitrogens with one attached hydrogen (secondary N) is 2. The van der Waals surface area contributed by atoms with E-state index in [-0.39, 0.29) is 6.04 Å². The summed E-state index contributed by atoms with van der Waals surface area (Å²) in [6.07, 6.45) is 0.153. The first-order valence-electron chi connectivity index (χ1n) is 4.56. The Bertz CT molecular complexity index is 224. The topological polar surface area (TPSA) is 61.4 Å². The maximum Gasteiger partial charge on any atom is 0.404 e. The van der Waals surface area contributed by atoms with Crippen LogP contribution in [0.5, 0.6) is 0 Å². The molecule has 2 saturated heterocycles. The Balaban J connectivity index is 2.00. The molecule has 0 saturated carbocycles. The van der Waals surface area contributed by atoms with Crippen molar-refractivity contribution in [3.8, 4) is 0 Å². The van der Waals surface area contributed by atoms with Gasteiger partial charge in [0.15, 0.2) is 0 Å². The van der Waals surface area contributed by atoms with Gasteiger partial charge in [0, 0.05) is 12.1 Å². The van der Waals surface area contributed by atoms with E-state index in [0.717, 1.165) is 12.8 Å². The first-order valence-corrected chi connectivity index (χ1v) is 4.56. The van der Waals surface area contributed by atoms with Gasteiger partial charge in [-0.1, -0.05) is 0 Å². The molecular formula is C8H13FN2O2. The molecule has 1 amide bonds. The van der Waals surface area contributed by atoms with Gasteiger partial charge in [0.05, 0.1) is 6.04 Å². The van der Waals surface area contributed by atoms with Crippen LogP contribution in [-0.4, -0.2) is 35.5 Å². The van der Waals surface area contributed by atoms with E-state index in [4.69, 9.17) is 5.11 Å². The smallest absolute Gasteiger partial charge is 0.404 e. The predicted octanol–water partition coefficient (Wildman–Crippen LogP) is 0.485. The lowest BCUT2D eigenvalue weighted by atomic mass is 9.98. The third-order valence-corrected chi connectivity index (χ3v) is 2.89. The van der Waals surface area contributed by atoms with E-state index in [1.54, 1.807) is 0 Å². The van der Waals surface area contributed by atoms with Gasteiger partial charge in [-0.25, -0.2) is 9.18 Å². The summed E-state index contributed by atoms with van der Waals surface area (Å²) < 4.78 is 13.5. The van der Waals surface area contributed by atoms with Gasteiger partial charge in [-0.05, 0) is 19.3 Å². The molecule has 0 aromatic rings. The Morgan fingerprint density at radius 1 is 1.54 bits per heavy atom. The number of rotatable bonds is 1. The Kier molecular flexibility index (Phi) is 2.11. The van der Waals surface area contributed by atoms with Crippen LogP contribution in [0.2, 0.25) is 0 Å². The molecule has 0 unspecified atom stereocenters. The summed E-state index contributed by atoms with van der Waals surface area (Å²) in [4.78, 5) is 10.3. The van der Waals surface area contributed by atoms with Crippen molar-refractivity contribution in [3.05, 3.63) is 0 Å². The SMILES string of the molecule is O=C(O)N[C@H]1C[C@H]2CC[C@H](N2)[C@@H]1F. The molecule has 0 spiro atoms. The molecule has 2 aliphatic heterocycles. The molecule has 2 heterocycles. The summed E-state index contributed by atoms with van der Waals surface area (Å²) >= 11 is 0. The Labute approximate surface area is 75.5 Å². The maximum atomic E-state index is 13.5. The van der Waals surface area contributed by atoms with E-state index in [0.29, 0.717) is 12.5 Å². The molecule has 0 aromatic heterocycles. The number of hydrogen-bond acceptors (Lipinski definition) is 2. The van der Waals surface area contributed by atoms with E-state index in [2.05, 4.69) is 10.6 Å². The van der Waals surface area contributed by atoms with Crippen molar-refractivity contribution in [2.24, 2.45) is 0 Å². The van der Waals surface area contributed by atoms with Gasteiger partial charge in [0.25, 0.3) is 0 Å². The number of halogens is 1. The normalized spacial score (nSPS) is 43.2. The minimum atomic E-state index is -1.13. The molecule has 2 rings (SSSR count). The number of piperidine rings is 1. The second-order valence-corrected chi connectivity index (χ2v) is 3.78. The fourth-order valence-corrected chi connectivity index (χ4v) is 2.30. The standard InChI is InChI=1S/C8H13FN2O2/c9-7-5-2-1-4(10-5)3-6(7)11-8(12)13/h4-7,10-11H,1-3H2,(H,12,13)/t4-,5+,6+,7+/m1/s1. The quantitative estimate of drug-likeness (QED) is 0.561. The molecule has 3 N–H and O–H groups in total. The molecular weight excluding hydrogens is 175 g/mol. The van der Waals surface area contributed by atoms with Crippen LogP contribution in [0, 0.1) is 0 Å². The number of carbonyl (C=O) groups is 1. The van der Waals surface area contributed by atoms with Gasteiger partial charge in [-0.15, -0.1) is 0 Å². The summed E-state index contributed by atoms with van der Waals surface area (Å²) in [5, 5.41) is 13.8. The highest BCUT2D eigenvalue weighted by molar-refractivity contribution is 5.65. The van der Waals surface area contributed by atoms with Crippen LogP contribution >= 0.6 is 0 Å². The molecule has 2 aliphatic rings. The molecule has 74 valence electrons. The minimum absolute atomic E-state index is 0.143. The van der Waals surface area contributed by atoms with Crippen LogP contribution in [0.3, 0.4) is 0 Å². The van der Waals surface area contributed by atoms with Crippen molar-refractivity contribution in [2.45, 2.75) is 43.6 Å². The average Bonchev–Trinajstić information content (AvgIpc) is 2.44. The molecule has 13 heavy (non-hydrogen) atoms. The minimum Gasteiger partial charge on any atom is -0.465 e. The largest absolute Gasteiger partial charge is 0.465 e. The lowest BCUT2D eigenvalue weighted by Gasteiger charge is -2.32. The maximum absolute atomic E-state index is 13.5. The molecule has 0 aliphatic carbocycles. The fraction of sp³-hybridized carbons (Fsp3) is 0.875. The first kappa shape index (κ1) is 8.74. The predicted molar refractivity (Wildman–Crippen MR) is 44.4 cm³/mol. The Hall–Kier alpha value is -0.840. The van der Waals surface area contributed by atoms with Crippen molar-refractivity contribution in [1.29, 1.82) is 0 Å². The van der Waals surface area contributed by atoms with Gasteiger partial charge in [0.1, 0.15) is 6.17 Å². The van der Waals surface area contributed by atoms with Crippen LogP contribution < -0.4 is 10.6 Å². The van der Waals surface area contributed by atoms with E-state index >= 15 is 0 Å². The van der Waals surface area contributed by atoms with E-state index < -0.39 is 18.3 Å². The monoisotopic (exact) mass is 188 g/mol. The summed E-state index contributed by atoms with van der Waals surface area (Å²) in [7, 11) is 0. The summed E-state index contributed by atoms with van der Waals surface area (Å²) in [6, 6.07) is -0.360. The zero-order valence-corrected chi connectivity index (χ0v) is 7.16. The number of hydrogen-bond donors (Lipinski definition) is 3. The summed E-state index contributed by atoms with van der Waals surface area (Å²) in [5.74, 6) is 0. The summed E-state index contributed by atoms with van der Waals surface area (Å²) in [6.45, 7) is 0. The number of amides is 1. The molecule has 4 atom stereocenters. The van der Waals surface area contributed by atoms with Crippen molar-refractivity contribution in [3.63, 3.8) is 0 Å². The van der Waals surface area contributed by atoms with Gasteiger partial charge in [-0.3, -0.25) is 0 Å². The second kappa shape index (κ2) is 3.14. The molecule has 2 fully saturated rings. The van der Waals surface area contributed by atoms with Crippen molar-refractivity contribution in [2.75, 3.05) is 0 Å². The zero-order chi connectivity index (χ0) is 9.42. The highest BCUT2D eigenvalue weighted by Crippen LogP contribution is 2.29. The van der Waals surface area contributed by atoms with Crippen LogP contribution in [0.1, 0.15) is 19.3 Å². The fourth-order valence-electron chi connectivity index (χ4n) is 2.30. The molecule has 0 radical (unpaired) electrons. The van der Waals surface area contributed by atoms with Crippen molar-refractivity contribution in [1.82, 2.24) is 10.6 Å². The zero-order valence-electron chi connectivity index (χ0n) is 7.16. The third kappa shape index (κ3) is 1.60. The highest BCUT2D eigenvalue weighted by Gasteiger charge is 2.42. The molecule has 5 heteroatoms. The van der Waals surface area contributed by atoms with Crippen LogP contribution in [0.25, 0.3) is 0 Å². The van der Waals surface area contributed by atoms with Crippen molar-refractivity contribution < 1.29 is 14.3 Å². The highest BCUT2D eigenvalue weighted by atomic mass is 19.1. The third-order valence-electron chi connectivity index (χ3n) is 2.89. The number of carboxylic acid groups (broad SMARTS) is 1. The van der Waals surface area contributed by atoms with Crippen LogP contribution in [0.4, 0.5) is 9.18 Å². The second-order valence-electron chi connectivity index (χ2n) is 3.78. The van der Waals surface area contributed by atoms with E-state index in [1.165, 1.54) is 0 Å². The number of fused-ring (bicyclic) bond motifs is 2. The molecule has 2 bridgehead atoms. The lowest BCUT2D eigenvalue weighted by molar-refractivity contribution is 0.140. The summed E-state index contributed by atoms with van der Waals surface area (Å²) in [5.41, 5.74) is 0. The van der Waals surface area contributed by atoms with Gasteiger partial charge >= 0.3 is 6.09 Å². The van der Waals surface area contributed by atoms with E-state index in [1.807, 2.05) is 0 Å². The Morgan fingerprint density at radius 3 is 3.00 bits per heavy atom. The average molecular weight is 188 g/mol. The number of alkyl halides is 1. The van der Waals surface area contributed by atoms with Crippen molar-refractivity contribution >= 4 is 6.09 Å². The first-order chi connectivity index (χ1) is 6.16. The van der Waals surface area contributed by atoms with Gasteiger partial charge in [0.2, 0.25) is 0 Å². The van der Waals surface area contributed by atoms with Crippen LogP contribution in [0.15, 0.2) is 0 Å². The molecule has 4 nitrogen and oxygen atoms in total. The molecule has 0 aromatic carbocycles. The Morgan fingerprint density at radius 2 is 2.31 bits per heavy atom. The van der Waals surface area contributed by atoms with Crippen LogP contribution in [-0.2, 0) is 0 Å².